The Morgan fingerprint density at radius 2 is 1.73 bits per heavy atom. The predicted octanol–water partition coefficient (Wildman–Crippen LogP) is 4.36. The molecule has 133 valence electrons. The van der Waals surface area contributed by atoms with Crippen LogP contribution in [0, 0.1) is 0 Å². The van der Waals surface area contributed by atoms with Gasteiger partial charge in [-0.2, -0.15) is 0 Å². The van der Waals surface area contributed by atoms with Crippen LogP contribution in [0.5, 0.6) is 0 Å². The van der Waals surface area contributed by atoms with Crippen LogP contribution in [0.2, 0.25) is 0 Å². The Morgan fingerprint density at radius 3 is 2.23 bits per heavy atom. The quantitative estimate of drug-likeness (QED) is 0.724. The van der Waals surface area contributed by atoms with Gasteiger partial charge in [0, 0.05) is 43.8 Å². The number of nitrogens with zero attached hydrogens (tertiary/aromatic N) is 1. The van der Waals surface area contributed by atoms with Crippen LogP contribution in [0.3, 0.4) is 0 Å². The second-order valence-electron chi connectivity index (χ2n) is 6.17. The standard InChI is InChI=1S/C22H23NO2.V/c1-6-20(16(3)24)21-14-19(9-7-8-15(21)2)17-10-12-18(13-11-17)22(25)23(4)5;/h6-14H,1H2,2-5H3;/b21-20+;. The summed E-state index contributed by atoms with van der Waals surface area (Å²) in [6.45, 7) is 7.29. The third kappa shape index (κ3) is 4.84. The van der Waals surface area contributed by atoms with E-state index in [-0.39, 0.29) is 30.2 Å². The largest absolute Gasteiger partial charge is 0.345 e. The van der Waals surface area contributed by atoms with Gasteiger partial charge in [0.05, 0.1) is 0 Å². The van der Waals surface area contributed by atoms with E-state index in [1.165, 1.54) is 0 Å². The van der Waals surface area contributed by atoms with Gasteiger partial charge >= 0.3 is 0 Å². The van der Waals surface area contributed by atoms with E-state index >= 15 is 0 Å². The van der Waals surface area contributed by atoms with Gasteiger partial charge in [-0.1, -0.05) is 43.0 Å². The van der Waals surface area contributed by atoms with Crippen molar-refractivity contribution in [2.24, 2.45) is 0 Å². The van der Waals surface area contributed by atoms with Gasteiger partial charge in [-0.25, -0.2) is 0 Å². The van der Waals surface area contributed by atoms with E-state index in [0.29, 0.717) is 11.1 Å². The van der Waals surface area contributed by atoms with Crippen LogP contribution in [-0.2, 0) is 23.4 Å². The molecule has 4 heteroatoms. The van der Waals surface area contributed by atoms with Crippen LogP contribution in [0.1, 0.15) is 29.8 Å². The molecule has 0 spiro atoms. The van der Waals surface area contributed by atoms with Gasteiger partial charge in [0.2, 0.25) is 0 Å². The number of carbonyl (C=O) groups excluding carboxylic acids is 2. The first-order valence-corrected chi connectivity index (χ1v) is 8.12. The van der Waals surface area contributed by atoms with Crippen LogP contribution in [0.15, 0.2) is 77.9 Å². The maximum Gasteiger partial charge on any atom is 0.253 e. The molecule has 3 nitrogen and oxygen atoms in total. The predicted molar refractivity (Wildman–Crippen MR) is 103 cm³/mol. The average Bonchev–Trinajstić information content (AvgIpc) is 2.77. The van der Waals surface area contributed by atoms with Crippen molar-refractivity contribution in [2.45, 2.75) is 13.8 Å². The molecule has 1 amide bonds. The van der Waals surface area contributed by atoms with Crippen molar-refractivity contribution < 1.29 is 28.1 Å². The van der Waals surface area contributed by atoms with Crippen molar-refractivity contribution in [1.82, 2.24) is 4.90 Å². The van der Waals surface area contributed by atoms with Gasteiger partial charge < -0.3 is 4.90 Å². The van der Waals surface area contributed by atoms with Crippen molar-refractivity contribution >= 4 is 17.3 Å². The number of amides is 1. The molecule has 0 unspecified atom stereocenters. The minimum Gasteiger partial charge on any atom is -0.345 e. The van der Waals surface area contributed by atoms with Crippen molar-refractivity contribution in [1.29, 1.82) is 0 Å². The summed E-state index contributed by atoms with van der Waals surface area (Å²) in [5.74, 6) is -0.0391. The van der Waals surface area contributed by atoms with Crippen LogP contribution in [0.4, 0.5) is 0 Å². The van der Waals surface area contributed by atoms with Crippen molar-refractivity contribution in [3.05, 3.63) is 89.1 Å². The molecule has 1 radical (unpaired) electrons. The Hall–Kier alpha value is -2.36. The summed E-state index contributed by atoms with van der Waals surface area (Å²) in [5.41, 5.74) is 5.10. The molecule has 1 aliphatic rings. The molecule has 1 aromatic rings. The van der Waals surface area contributed by atoms with Crippen LogP contribution in [0.25, 0.3) is 5.57 Å². The first-order chi connectivity index (χ1) is 11.8. The fraction of sp³-hybridized carbons (Fsp3) is 0.182. The number of hydrogen-bond acceptors (Lipinski definition) is 2. The number of allylic oxidation sites excluding steroid dienone is 9. The molecule has 0 N–H and O–H groups in total. The molecule has 0 fully saturated rings. The zero-order valence-electron chi connectivity index (χ0n) is 15.6. The third-order valence-corrected chi connectivity index (χ3v) is 4.09. The van der Waals surface area contributed by atoms with E-state index in [1.54, 1.807) is 32.0 Å². The summed E-state index contributed by atoms with van der Waals surface area (Å²) in [6, 6.07) is 7.49. The first-order valence-electron chi connectivity index (χ1n) is 8.12. The number of benzene rings is 1. The van der Waals surface area contributed by atoms with E-state index in [2.05, 4.69) is 6.58 Å². The molecule has 1 aliphatic carbocycles. The number of Topliss-reactive ketones (excluding diaryl/α,β-unsaturated/α-hetero) is 1. The Balaban J connectivity index is 0.00000338. The van der Waals surface area contributed by atoms with Crippen molar-refractivity contribution in [3.8, 4) is 0 Å². The number of rotatable bonds is 4. The van der Waals surface area contributed by atoms with Crippen molar-refractivity contribution in [2.75, 3.05) is 14.1 Å². The normalized spacial score (nSPS) is 15.1. The fourth-order valence-corrected chi connectivity index (χ4v) is 2.68. The molecule has 0 saturated carbocycles. The Bertz CT molecular complexity index is 837. The summed E-state index contributed by atoms with van der Waals surface area (Å²) < 4.78 is 0. The molecule has 0 bridgehead atoms. The fourth-order valence-electron chi connectivity index (χ4n) is 2.68. The van der Waals surface area contributed by atoms with Crippen molar-refractivity contribution in [3.63, 3.8) is 0 Å². The summed E-state index contributed by atoms with van der Waals surface area (Å²) >= 11 is 0. The van der Waals surface area contributed by atoms with Gasteiger partial charge in [-0.3, -0.25) is 9.59 Å². The maximum absolute atomic E-state index is 12.0. The number of hydrogen-bond donors (Lipinski definition) is 0. The summed E-state index contributed by atoms with van der Waals surface area (Å²) in [7, 11) is 3.47. The Kier molecular flexibility index (Phi) is 7.82. The molecule has 2 rings (SSSR count). The second kappa shape index (κ2) is 9.37. The Labute approximate surface area is 167 Å². The molecular weight excluding hydrogens is 361 g/mol. The van der Waals surface area contributed by atoms with Gasteiger partial charge in [0.15, 0.2) is 5.78 Å². The summed E-state index contributed by atoms with van der Waals surface area (Å²) in [4.78, 5) is 25.5. The molecule has 0 aliphatic heterocycles. The smallest absolute Gasteiger partial charge is 0.253 e. The topological polar surface area (TPSA) is 37.4 Å². The van der Waals surface area contributed by atoms with Gasteiger partial charge in [0.25, 0.3) is 5.91 Å². The Morgan fingerprint density at radius 1 is 1.12 bits per heavy atom. The van der Waals surface area contributed by atoms with E-state index in [1.807, 2.05) is 55.5 Å². The molecular formula is C22H23NO2V. The van der Waals surface area contributed by atoms with E-state index in [9.17, 15) is 9.59 Å². The van der Waals surface area contributed by atoms with Gasteiger partial charge in [0.1, 0.15) is 0 Å². The number of ketones is 1. The molecule has 1 aromatic carbocycles. The van der Waals surface area contributed by atoms with E-state index < -0.39 is 0 Å². The monoisotopic (exact) mass is 384 g/mol. The van der Waals surface area contributed by atoms with Crippen LogP contribution >= 0.6 is 0 Å². The van der Waals surface area contributed by atoms with Crippen LogP contribution < -0.4 is 0 Å². The molecule has 0 heterocycles. The molecule has 26 heavy (non-hydrogen) atoms. The zero-order valence-corrected chi connectivity index (χ0v) is 17.0. The minimum atomic E-state index is -0.0273. The molecule has 0 aromatic heterocycles. The summed E-state index contributed by atoms with van der Waals surface area (Å²) in [5, 5.41) is 0. The minimum absolute atomic E-state index is 0. The van der Waals surface area contributed by atoms with E-state index in [4.69, 9.17) is 0 Å². The second-order valence-corrected chi connectivity index (χ2v) is 6.17. The summed E-state index contributed by atoms with van der Waals surface area (Å²) in [6.07, 6.45) is 9.55. The molecule has 0 saturated heterocycles. The van der Waals surface area contributed by atoms with E-state index in [0.717, 1.165) is 22.3 Å². The first kappa shape index (κ1) is 21.7. The maximum atomic E-state index is 12.0. The van der Waals surface area contributed by atoms with Gasteiger partial charge in [-0.15, -0.1) is 0 Å². The molecule has 0 atom stereocenters. The van der Waals surface area contributed by atoms with Crippen LogP contribution in [-0.4, -0.2) is 30.7 Å². The SMILES string of the molecule is C=C/C(C(C)=O)=C1/C=C(c2ccc(C(=O)N(C)C)cc2)C=CC=C1C.[V]. The zero-order chi connectivity index (χ0) is 18.6. The third-order valence-electron chi connectivity index (χ3n) is 4.09. The van der Waals surface area contributed by atoms with Gasteiger partial charge in [-0.05, 0) is 54.3 Å². The average molecular weight is 384 g/mol. The number of carbonyl (C=O) groups is 2.